The van der Waals surface area contributed by atoms with Gasteiger partial charge in [0.25, 0.3) is 5.91 Å². The molecule has 2 heterocycles. The van der Waals surface area contributed by atoms with Crippen molar-refractivity contribution in [3.8, 4) is 0 Å². The molecule has 2 N–H and O–H groups in total. The molecule has 0 aromatic rings. The molecule has 2 rings (SSSR count). The fourth-order valence-corrected chi connectivity index (χ4v) is 2.62. The van der Waals surface area contributed by atoms with Gasteiger partial charge in [0.05, 0.1) is 0 Å². The van der Waals surface area contributed by atoms with Gasteiger partial charge in [0.2, 0.25) is 0 Å². The highest BCUT2D eigenvalue weighted by Crippen LogP contribution is 2.29. The topological polar surface area (TPSA) is 61.4 Å². The van der Waals surface area contributed by atoms with Crippen LogP contribution < -0.4 is 10.6 Å². The van der Waals surface area contributed by atoms with Crippen molar-refractivity contribution in [3.05, 3.63) is 0 Å². The molecule has 0 spiro atoms. The first kappa shape index (κ1) is 11.4. The van der Waals surface area contributed by atoms with Crippen molar-refractivity contribution in [1.82, 2.24) is 15.5 Å². The number of nitrogens with zero attached hydrogens (tertiary/aromatic N) is 1. The van der Waals surface area contributed by atoms with Gasteiger partial charge >= 0.3 is 6.03 Å². The van der Waals surface area contributed by atoms with Gasteiger partial charge in [0, 0.05) is 19.0 Å². The lowest BCUT2D eigenvalue weighted by atomic mass is 9.80. The van der Waals surface area contributed by atoms with Gasteiger partial charge in [-0.15, -0.1) is 0 Å². The first-order valence-corrected chi connectivity index (χ1v) is 5.94. The molecule has 0 saturated carbocycles. The van der Waals surface area contributed by atoms with E-state index in [-0.39, 0.29) is 17.9 Å². The van der Waals surface area contributed by atoms with Gasteiger partial charge in [-0.25, -0.2) is 4.79 Å². The van der Waals surface area contributed by atoms with Crippen LogP contribution in [0.1, 0.15) is 26.7 Å². The number of hydrogen-bond donors (Lipinski definition) is 2. The van der Waals surface area contributed by atoms with Gasteiger partial charge in [-0.3, -0.25) is 9.69 Å². The molecule has 2 saturated heterocycles. The summed E-state index contributed by atoms with van der Waals surface area (Å²) < 4.78 is 0. The minimum atomic E-state index is -0.708. The molecule has 2 aliphatic heterocycles. The van der Waals surface area contributed by atoms with Crippen LogP contribution in [0.25, 0.3) is 0 Å². The second kappa shape index (κ2) is 4.05. The monoisotopic (exact) mass is 225 g/mol. The molecule has 0 aromatic heterocycles. The predicted octanol–water partition coefficient (Wildman–Crippen LogP) is 0.316. The molecule has 0 aromatic carbocycles. The van der Waals surface area contributed by atoms with Crippen LogP contribution in [-0.4, -0.2) is 42.0 Å². The van der Waals surface area contributed by atoms with E-state index in [0.717, 1.165) is 25.9 Å². The Bertz CT molecular complexity index is 312. The van der Waals surface area contributed by atoms with Crippen LogP contribution >= 0.6 is 0 Å². The zero-order valence-electron chi connectivity index (χ0n) is 9.88. The minimum absolute atomic E-state index is 0.0753. The molecular formula is C11H19N3O2. The van der Waals surface area contributed by atoms with Gasteiger partial charge in [-0.1, -0.05) is 0 Å². The molecule has 0 bridgehead atoms. The number of piperidine rings is 1. The molecule has 2 atom stereocenters. The zero-order valence-corrected chi connectivity index (χ0v) is 9.88. The van der Waals surface area contributed by atoms with Crippen molar-refractivity contribution in [3.63, 3.8) is 0 Å². The maximum Gasteiger partial charge on any atom is 0.325 e. The number of amides is 3. The molecule has 16 heavy (non-hydrogen) atoms. The lowest BCUT2D eigenvalue weighted by Crippen LogP contribution is -2.55. The molecule has 0 unspecified atom stereocenters. The summed E-state index contributed by atoms with van der Waals surface area (Å²) >= 11 is 0. The number of urea groups is 1. The Hall–Kier alpha value is -1.10. The minimum Gasteiger partial charge on any atom is -0.323 e. The molecule has 5 heteroatoms. The fraction of sp³-hybridized carbons (Fsp3) is 0.818. The van der Waals surface area contributed by atoms with Crippen LogP contribution in [-0.2, 0) is 4.79 Å². The van der Waals surface area contributed by atoms with Gasteiger partial charge in [-0.05, 0) is 33.2 Å². The van der Waals surface area contributed by atoms with Crippen molar-refractivity contribution < 1.29 is 9.59 Å². The van der Waals surface area contributed by atoms with Crippen LogP contribution in [0.3, 0.4) is 0 Å². The number of rotatable bonds is 2. The summed E-state index contributed by atoms with van der Waals surface area (Å²) in [5.74, 6) is 0.128. The van der Waals surface area contributed by atoms with E-state index in [9.17, 15) is 9.59 Å². The standard InChI is InChI=1S/C11H19N3O2/c1-3-14-9(15)11(2,13-10(14)16)8-5-4-6-12-7-8/h8,12H,3-7H2,1-2H3,(H,13,16)/t8-,11+/m1/s1. The Morgan fingerprint density at radius 1 is 1.50 bits per heavy atom. The normalized spacial score (nSPS) is 35.4. The number of imide groups is 1. The molecule has 3 amide bonds. The van der Waals surface area contributed by atoms with E-state index in [1.54, 1.807) is 0 Å². The van der Waals surface area contributed by atoms with Gasteiger partial charge in [-0.2, -0.15) is 0 Å². The largest absolute Gasteiger partial charge is 0.325 e. The fourth-order valence-electron chi connectivity index (χ4n) is 2.62. The third-order valence-electron chi connectivity index (χ3n) is 3.73. The molecular weight excluding hydrogens is 206 g/mol. The van der Waals surface area contributed by atoms with E-state index >= 15 is 0 Å². The second-order valence-corrected chi connectivity index (χ2v) is 4.73. The Morgan fingerprint density at radius 2 is 2.25 bits per heavy atom. The first-order valence-electron chi connectivity index (χ1n) is 5.94. The second-order valence-electron chi connectivity index (χ2n) is 4.73. The number of carbonyl (C=O) groups is 2. The molecule has 0 radical (unpaired) electrons. The smallest absolute Gasteiger partial charge is 0.323 e. The van der Waals surface area contributed by atoms with Crippen molar-refractivity contribution in [2.45, 2.75) is 32.2 Å². The summed E-state index contributed by atoms with van der Waals surface area (Å²) in [5, 5.41) is 6.13. The molecule has 2 aliphatic rings. The lowest BCUT2D eigenvalue weighted by Gasteiger charge is -2.34. The van der Waals surface area contributed by atoms with Gasteiger partial charge in [0.1, 0.15) is 5.54 Å². The maximum atomic E-state index is 12.2. The van der Waals surface area contributed by atoms with Crippen molar-refractivity contribution >= 4 is 11.9 Å². The number of hydrogen-bond acceptors (Lipinski definition) is 3. The van der Waals surface area contributed by atoms with Crippen LogP contribution in [0.15, 0.2) is 0 Å². The maximum absolute atomic E-state index is 12.2. The number of carbonyl (C=O) groups excluding carboxylic acids is 2. The van der Waals surface area contributed by atoms with E-state index in [4.69, 9.17) is 0 Å². The number of nitrogens with one attached hydrogen (secondary N) is 2. The Labute approximate surface area is 95.6 Å². The van der Waals surface area contributed by atoms with Crippen molar-refractivity contribution in [2.24, 2.45) is 5.92 Å². The van der Waals surface area contributed by atoms with Gasteiger partial charge in [0.15, 0.2) is 0 Å². The van der Waals surface area contributed by atoms with Crippen LogP contribution in [0, 0.1) is 5.92 Å². The van der Waals surface area contributed by atoms with Crippen molar-refractivity contribution in [1.29, 1.82) is 0 Å². The predicted molar refractivity (Wildman–Crippen MR) is 59.9 cm³/mol. The summed E-state index contributed by atoms with van der Waals surface area (Å²) in [4.78, 5) is 25.1. The molecule has 5 nitrogen and oxygen atoms in total. The van der Waals surface area contributed by atoms with Crippen molar-refractivity contribution in [2.75, 3.05) is 19.6 Å². The number of likely N-dealkylation sites (N-methyl/N-ethyl adjacent to an activating group) is 1. The first-order chi connectivity index (χ1) is 7.59. The molecule has 90 valence electrons. The van der Waals surface area contributed by atoms with Crippen LogP contribution in [0.2, 0.25) is 0 Å². The van der Waals surface area contributed by atoms with E-state index in [1.807, 2.05) is 13.8 Å². The molecule has 2 fully saturated rings. The Kier molecular flexibility index (Phi) is 2.88. The summed E-state index contributed by atoms with van der Waals surface area (Å²) in [6, 6.07) is -0.249. The van der Waals surface area contributed by atoms with E-state index in [1.165, 1.54) is 4.90 Å². The average molecular weight is 225 g/mol. The zero-order chi connectivity index (χ0) is 11.8. The van der Waals surface area contributed by atoms with Crippen LogP contribution in [0.4, 0.5) is 4.79 Å². The van der Waals surface area contributed by atoms with E-state index in [0.29, 0.717) is 6.54 Å². The quantitative estimate of drug-likeness (QED) is 0.665. The summed E-state index contributed by atoms with van der Waals surface area (Å²) in [6.07, 6.45) is 2.06. The Balaban J connectivity index is 2.18. The highest BCUT2D eigenvalue weighted by atomic mass is 16.2. The van der Waals surface area contributed by atoms with E-state index < -0.39 is 5.54 Å². The van der Waals surface area contributed by atoms with Gasteiger partial charge < -0.3 is 10.6 Å². The summed E-state index contributed by atoms with van der Waals surface area (Å²) in [5.41, 5.74) is -0.708. The highest BCUT2D eigenvalue weighted by molar-refractivity contribution is 6.07. The Morgan fingerprint density at radius 3 is 2.75 bits per heavy atom. The SMILES string of the molecule is CCN1C(=O)N[C@@](C)([C@@H]2CCCNC2)C1=O. The third-order valence-corrected chi connectivity index (χ3v) is 3.73. The average Bonchev–Trinajstić information content (AvgIpc) is 2.52. The summed E-state index contributed by atoms with van der Waals surface area (Å²) in [6.45, 7) is 5.93. The third kappa shape index (κ3) is 1.59. The highest BCUT2D eigenvalue weighted by Gasteiger charge is 2.51. The lowest BCUT2D eigenvalue weighted by molar-refractivity contribution is -0.132. The van der Waals surface area contributed by atoms with Crippen LogP contribution in [0.5, 0.6) is 0 Å². The molecule has 0 aliphatic carbocycles. The van der Waals surface area contributed by atoms with E-state index in [2.05, 4.69) is 10.6 Å². The summed E-state index contributed by atoms with van der Waals surface area (Å²) in [7, 11) is 0.